The van der Waals surface area contributed by atoms with Crippen molar-refractivity contribution < 1.29 is 14.7 Å². The summed E-state index contributed by atoms with van der Waals surface area (Å²) in [5.74, 6) is -0.893. The van der Waals surface area contributed by atoms with Gasteiger partial charge in [-0.1, -0.05) is 0 Å². The van der Waals surface area contributed by atoms with E-state index in [2.05, 4.69) is 10.6 Å². The number of carbonyl (C=O) groups is 2. The summed E-state index contributed by atoms with van der Waals surface area (Å²) >= 11 is 0. The number of hydrogen-bond donors (Lipinski definition) is 3. The van der Waals surface area contributed by atoms with Crippen molar-refractivity contribution >= 4 is 17.4 Å². The summed E-state index contributed by atoms with van der Waals surface area (Å²) in [6, 6.07) is 6.29. The third kappa shape index (κ3) is 3.88. The Morgan fingerprint density at radius 3 is 2.29 bits per heavy atom. The van der Waals surface area contributed by atoms with Crippen LogP contribution in [0, 0.1) is 0 Å². The van der Waals surface area contributed by atoms with Crippen molar-refractivity contribution in [3.05, 3.63) is 29.8 Å². The third-order valence-corrected chi connectivity index (χ3v) is 2.45. The minimum Gasteiger partial charge on any atom is -0.480 e. The van der Waals surface area contributed by atoms with E-state index in [1.54, 1.807) is 31.3 Å². The van der Waals surface area contributed by atoms with Gasteiger partial charge in [0.2, 0.25) is 0 Å². The Morgan fingerprint density at radius 2 is 1.88 bits per heavy atom. The molecule has 0 aliphatic rings. The second-order valence-corrected chi connectivity index (χ2v) is 3.69. The number of likely N-dealkylation sites (N-methyl/N-ethyl adjacent to an activating group) is 1. The van der Waals surface area contributed by atoms with Gasteiger partial charge in [-0.05, 0) is 38.2 Å². The van der Waals surface area contributed by atoms with Crippen molar-refractivity contribution in [2.75, 3.05) is 18.9 Å². The smallest absolute Gasteiger partial charge is 0.322 e. The normalized spacial score (nSPS) is 11.9. The van der Waals surface area contributed by atoms with Gasteiger partial charge in [0, 0.05) is 17.8 Å². The Morgan fingerprint density at radius 1 is 1.29 bits per heavy atom. The number of carboxylic acids is 1. The van der Waals surface area contributed by atoms with Crippen LogP contribution in [-0.2, 0) is 4.79 Å². The topological polar surface area (TPSA) is 78.4 Å². The van der Waals surface area contributed by atoms with Gasteiger partial charge in [-0.15, -0.1) is 0 Å². The zero-order valence-corrected chi connectivity index (χ0v) is 9.86. The predicted molar refractivity (Wildman–Crippen MR) is 65.4 cm³/mol. The molecule has 0 amide bonds. The van der Waals surface area contributed by atoms with Gasteiger partial charge in [-0.3, -0.25) is 9.59 Å². The van der Waals surface area contributed by atoms with Crippen LogP contribution in [0.4, 0.5) is 5.69 Å². The maximum Gasteiger partial charge on any atom is 0.322 e. The van der Waals surface area contributed by atoms with Gasteiger partial charge in [0.1, 0.15) is 6.04 Å². The van der Waals surface area contributed by atoms with Crippen LogP contribution in [0.1, 0.15) is 17.3 Å². The van der Waals surface area contributed by atoms with Gasteiger partial charge in [-0.25, -0.2) is 0 Å². The van der Waals surface area contributed by atoms with Gasteiger partial charge >= 0.3 is 5.97 Å². The molecule has 5 nitrogen and oxygen atoms in total. The number of hydrogen-bond acceptors (Lipinski definition) is 4. The minimum absolute atomic E-state index is 0.00943. The summed E-state index contributed by atoms with van der Waals surface area (Å²) in [6.07, 6.45) is 0. The van der Waals surface area contributed by atoms with Crippen molar-refractivity contribution in [3.8, 4) is 0 Å². The van der Waals surface area contributed by atoms with E-state index in [1.807, 2.05) is 0 Å². The van der Waals surface area contributed by atoms with E-state index in [0.29, 0.717) is 5.56 Å². The third-order valence-electron chi connectivity index (χ3n) is 2.45. The SMILES string of the molecule is CNC(CNc1ccc(C(C)=O)cc1)C(=O)O. The van der Waals surface area contributed by atoms with Gasteiger partial charge in [0.25, 0.3) is 0 Å². The molecule has 1 aromatic carbocycles. The molecule has 0 aromatic heterocycles. The molecule has 0 saturated heterocycles. The Kier molecular flexibility index (Phi) is 4.66. The number of ketones is 1. The maximum absolute atomic E-state index is 11.1. The summed E-state index contributed by atoms with van der Waals surface area (Å²) in [5, 5.41) is 14.5. The summed E-state index contributed by atoms with van der Waals surface area (Å²) in [6.45, 7) is 1.79. The lowest BCUT2D eigenvalue weighted by Gasteiger charge is -2.13. The molecule has 3 N–H and O–H groups in total. The van der Waals surface area contributed by atoms with Crippen molar-refractivity contribution in [2.45, 2.75) is 13.0 Å². The molecule has 0 bridgehead atoms. The molecule has 17 heavy (non-hydrogen) atoms. The lowest BCUT2D eigenvalue weighted by atomic mass is 10.1. The van der Waals surface area contributed by atoms with E-state index in [9.17, 15) is 9.59 Å². The van der Waals surface area contributed by atoms with Crippen molar-refractivity contribution in [3.63, 3.8) is 0 Å². The monoisotopic (exact) mass is 236 g/mol. The van der Waals surface area contributed by atoms with Gasteiger partial charge < -0.3 is 15.7 Å². The summed E-state index contributed by atoms with van der Waals surface area (Å²) < 4.78 is 0. The Balaban J connectivity index is 2.58. The minimum atomic E-state index is -0.902. The number of rotatable bonds is 6. The van der Waals surface area contributed by atoms with Gasteiger partial charge in [0.15, 0.2) is 5.78 Å². The summed E-state index contributed by atoms with van der Waals surface area (Å²) in [4.78, 5) is 21.8. The fourth-order valence-electron chi connectivity index (χ4n) is 1.36. The number of anilines is 1. The van der Waals surface area contributed by atoms with E-state index >= 15 is 0 Å². The zero-order valence-electron chi connectivity index (χ0n) is 9.86. The van der Waals surface area contributed by atoms with Gasteiger partial charge in [-0.2, -0.15) is 0 Å². The first-order chi connectivity index (χ1) is 8.04. The molecule has 0 saturated carbocycles. The number of Topliss-reactive ketones (excluding diaryl/α,β-unsaturated/α-hetero) is 1. The summed E-state index contributed by atoms with van der Waals surface area (Å²) in [7, 11) is 1.60. The number of benzene rings is 1. The fraction of sp³-hybridized carbons (Fsp3) is 0.333. The fourth-order valence-corrected chi connectivity index (χ4v) is 1.36. The van der Waals surface area contributed by atoms with Crippen LogP contribution in [0.3, 0.4) is 0 Å². The highest BCUT2D eigenvalue weighted by molar-refractivity contribution is 5.94. The predicted octanol–water partition coefficient (Wildman–Crippen LogP) is 0.974. The average Bonchev–Trinajstić information content (AvgIpc) is 2.30. The Hall–Kier alpha value is -1.88. The zero-order chi connectivity index (χ0) is 12.8. The standard InChI is InChI=1S/C12H16N2O3/c1-8(15)9-3-5-10(6-4-9)14-7-11(13-2)12(16)17/h3-6,11,13-14H,7H2,1-2H3,(H,16,17). The lowest BCUT2D eigenvalue weighted by Crippen LogP contribution is -2.39. The number of carbonyl (C=O) groups excluding carboxylic acids is 1. The molecule has 0 radical (unpaired) electrons. The second-order valence-electron chi connectivity index (χ2n) is 3.69. The van der Waals surface area contributed by atoms with Crippen molar-refractivity contribution in [1.29, 1.82) is 0 Å². The van der Waals surface area contributed by atoms with Crippen LogP contribution < -0.4 is 10.6 Å². The molecule has 1 aromatic rings. The molecule has 0 aliphatic heterocycles. The highest BCUT2D eigenvalue weighted by Gasteiger charge is 2.13. The van der Waals surface area contributed by atoms with E-state index in [4.69, 9.17) is 5.11 Å². The van der Waals surface area contributed by atoms with Crippen molar-refractivity contribution in [1.82, 2.24) is 5.32 Å². The highest BCUT2D eigenvalue weighted by Crippen LogP contribution is 2.09. The molecule has 0 aliphatic carbocycles. The maximum atomic E-state index is 11.1. The molecular formula is C12H16N2O3. The van der Waals surface area contributed by atoms with Crippen LogP contribution in [0.15, 0.2) is 24.3 Å². The van der Waals surface area contributed by atoms with Crippen LogP contribution in [0.2, 0.25) is 0 Å². The van der Waals surface area contributed by atoms with Crippen molar-refractivity contribution in [2.24, 2.45) is 0 Å². The first-order valence-electron chi connectivity index (χ1n) is 5.29. The lowest BCUT2D eigenvalue weighted by molar-refractivity contribution is -0.138. The first-order valence-corrected chi connectivity index (χ1v) is 5.29. The average molecular weight is 236 g/mol. The van der Waals surface area contributed by atoms with E-state index < -0.39 is 12.0 Å². The first kappa shape index (κ1) is 13.2. The quantitative estimate of drug-likeness (QED) is 0.641. The molecule has 0 fully saturated rings. The summed E-state index contributed by atoms with van der Waals surface area (Å²) in [5.41, 5.74) is 1.43. The highest BCUT2D eigenvalue weighted by atomic mass is 16.4. The molecule has 5 heteroatoms. The molecule has 0 heterocycles. The molecular weight excluding hydrogens is 220 g/mol. The Labute approximate surface area is 99.8 Å². The Bertz CT molecular complexity index is 401. The second kappa shape index (κ2) is 6.00. The number of aliphatic carboxylic acids is 1. The van der Waals surface area contributed by atoms with Crippen LogP contribution in [-0.4, -0.2) is 36.5 Å². The number of carboxylic acid groups (broad SMARTS) is 1. The van der Waals surface area contributed by atoms with E-state index in [0.717, 1.165) is 5.69 Å². The van der Waals surface area contributed by atoms with Gasteiger partial charge in [0.05, 0.1) is 0 Å². The van der Waals surface area contributed by atoms with Crippen LogP contribution in [0.25, 0.3) is 0 Å². The molecule has 1 atom stereocenters. The molecule has 0 spiro atoms. The van der Waals surface area contributed by atoms with E-state index in [1.165, 1.54) is 6.92 Å². The number of nitrogens with one attached hydrogen (secondary N) is 2. The largest absolute Gasteiger partial charge is 0.480 e. The molecule has 92 valence electrons. The molecule has 1 unspecified atom stereocenters. The van der Waals surface area contributed by atoms with Crippen LogP contribution >= 0.6 is 0 Å². The van der Waals surface area contributed by atoms with E-state index in [-0.39, 0.29) is 12.3 Å². The van der Waals surface area contributed by atoms with Crippen LogP contribution in [0.5, 0.6) is 0 Å². The molecule has 1 rings (SSSR count).